The van der Waals surface area contributed by atoms with Gasteiger partial charge in [0.2, 0.25) is 17.7 Å². The molecule has 1 spiro atoms. The lowest BCUT2D eigenvalue weighted by atomic mass is 9.64. The van der Waals surface area contributed by atoms with Gasteiger partial charge in [0.15, 0.2) is 0 Å². The van der Waals surface area contributed by atoms with E-state index in [2.05, 4.69) is 20.1 Å². The predicted molar refractivity (Wildman–Crippen MR) is 162 cm³/mol. The van der Waals surface area contributed by atoms with Crippen molar-refractivity contribution < 1.29 is 29.0 Å². The van der Waals surface area contributed by atoms with Crippen molar-refractivity contribution in [3.8, 4) is 5.75 Å². The minimum atomic E-state index is -1.11. The minimum Gasteiger partial charge on any atom is -0.494 e. The number of aliphatic hydroxyl groups excluding tert-OH is 1. The van der Waals surface area contributed by atoms with Crippen LogP contribution in [0.5, 0.6) is 5.75 Å². The number of anilines is 1. The van der Waals surface area contributed by atoms with Crippen LogP contribution in [0.1, 0.15) is 59.3 Å². The molecule has 42 heavy (non-hydrogen) atoms. The SMILES string of the molecule is C=CCN(CCCC)C(=O)C1N(CCCO)C(=O)[C@@H]2[C@H](C(=O)N(CC=C)c3ccc(OCC)cc3)[C@]3(CC)CCC12O3. The van der Waals surface area contributed by atoms with Crippen LogP contribution in [0.15, 0.2) is 49.6 Å². The highest BCUT2D eigenvalue weighted by Crippen LogP contribution is 2.64. The van der Waals surface area contributed by atoms with Gasteiger partial charge < -0.3 is 29.3 Å². The summed E-state index contributed by atoms with van der Waals surface area (Å²) in [5.74, 6) is -1.46. The Bertz CT molecular complexity index is 1150. The van der Waals surface area contributed by atoms with Crippen LogP contribution in [0.4, 0.5) is 5.69 Å². The van der Waals surface area contributed by atoms with E-state index in [1.54, 1.807) is 26.9 Å². The molecular formula is C33H47N3O6. The van der Waals surface area contributed by atoms with Gasteiger partial charge in [-0.2, -0.15) is 0 Å². The number of rotatable bonds is 16. The van der Waals surface area contributed by atoms with Crippen LogP contribution in [0.2, 0.25) is 0 Å². The number of carbonyl (C=O) groups is 3. The zero-order valence-corrected chi connectivity index (χ0v) is 25.4. The van der Waals surface area contributed by atoms with Crippen LogP contribution in [0.3, 0.4) is 0 Å². The number of aliphatic hydroxyl groups is 1. The summed E-state index contributed by atoms with van der Waals surface area (Å²) in [6, 6.07) is 6.47. The van der Waals surface area contributed by atoms with Crippen LogP contribution in [0, 0.1) is 11.8 Å². The molecule has 2 bridgehead atoms. The molecule has 0 radical (unpaired) electrons. The Balaban J connectivity index is 1.77. The smallest absolute Gasteiger partial charge is 0.248 e. The van der Waals surface area contributed by atoms with Crippen molar-refractivity contribution in [2.24, 2.45) is 11.8 Å². The maximum absolute atomic E-state index is 14.6. The van der Waals surface area contributed by atoms with Crippen LogP contribution in [0.25, 0.3) is 0 Å². The molecule has 0 aromatic heterocycles. The summed E-state index contributed by atoms with van der Waals surface area (Å²) in [6.07, 6.45) is 7.11. The van der Waals surface area contributed by atoms with Gasteiger partial charge in [0.1, 0.15) is 17.4 Å². The van der Waals surface area contributed by atoms with Gasteiger partial charge in [-0.15, -0.1) is 13.2 Å². The third-order valence-corrected chi connectivity index (χ3v) is 9.22. The first-order chi connectivity index (χ1) is 20.3. The first-order valence-corrected chi connectivity index (χ1v) is 15.4. The second-order valence-corrected chi connectivity index (χ2v) is 11.5. The van der Waals surface area contributed by atoms with Gasteiger partial charge in [0, 0.05) is 38.5 Å². The number of hydrogen-bond acceptors (Lipinski definition) is 6. The molecule has 3 aliphatic rings. The lowest BCUT2D eigenvalue weighted by Gasteiger charge is -2.37. The van der Waals surface area contributed by atoms with Gasteiger partial charge in [0.25, 0.3) is 0 Å². The summed E-state index contributed by atoms with van der Waals surface area (Å²) in [4.78, 5) is 48.3. The highest BCUT2D eigenvalue weighted by atomic mass is 16.5. The maximum Gasteiger partial charge on any atom is 0.248 e. The molecule has 1 aromatic carbocycles. The van der Waals surface area contributed by atoms with Crippen LogP contribution < -0.4 is 9.64 Å². The van der Waals surface area contributed by atoms with Crippen molar-refractivity contribution in [3.05, 3.63) is 49.6 Å². The number of benzene rings is 1. The van der Waals surface area contributed by atoms with Crippen molar-refractivity contribution >= 4 is 23.4 Å². The summed E-state index contributed by atoms with van der Waals surface area (Å²) >= 11 is 0. The number of carbonyl (C=O) groups excluding carboxylic acids is 3. The van der Waals surface area contributed by atoms with Gasteiger partial charge in [-0.1, -0.05) is 32.4 Å². The summed E-state index contributed by atoms with van der Waals surface area (Å²) in [5, 5.41) is 9.65. The van der Waals surface area contributed by atoms with E-state index < -0.39 is 29.1 Å². The monoisotopic (exact) mass is 581 g/mol. The Morgan fingerprint density at radius 3 is 2.40 bits per heavy atom. The first-order valence-electron chi connectivity index (χ1n) is 15.4. The van der Waals surface area contributed by atoms with Crippen molar-refractivity contribution in [3.63, 3.8) is 0 Å². The number of amides is 3. The van der Waals surface area contributed by atoms with Crippen LogP contribution >= 0.6 is 0 Å². The van der Waals surface area contributed by atoms with Gasteiger partial charge >= 0.3 is 0 Å². The normalized spacial score (nSPS) is 27.6. The molecule has 0 aliphatic carbocycles. The summed E-state index contributed by atoms with van der Waals surface area (Å²) in [6.45, 7) is 15.5. The second-order valence-electron chi connectivity index (χ2n) is 11.5. The fourth-order valence-electron chi connectivity index (χ4n) is 7.33. The summed E-state index contributed by atoms with van der Waals surface area (Å²) < 4.78 is 12.5. The van der Waals surface area contributed by atoms with Gasteiger partial charge in [-0.25, -0.2) is 0 Å². The fourth-order valence-corrected chi connectivity index (χ4v) is 7.33. The molecule has 4 rings (SSSR count). The van der Waals surface area contributed by atoms with E-state index in [-0.39, 0.29) is 37.4 Å². The lowest BCUT2D eigenvalue weighted by Crippen LogP contribution is -2.56. The lowest BCUT2D eigenvalue weighted by molar-refractivity contribution is -0.152. The van der Waals surface area contributed by atoms with Crippen molar-refractivity contribution in [2.45, 2.75) is 76.5 Å². The molecule has 3 fully saturated rings. The van der Waals surface area contributed by atoms with E-state index in [4.69, 9.17) is 9.47 Å². The maximum atomic E-state index is 14.6. The zero-order valence-electron chi connectivity index (χ0n) is 25.4. The molecule has 1 aromatic rings. The topological polar surface area (TPSA) is 99.6 Å². The molecule has 1 N–H and O–H groups in total. The Labute approximate surface area is 250 Å². The molecular weight excluding hydrogens is 534 g/mol. The van der Waals surface area contributed by atoms with Crippen LogP contribution in [-0.2, 0) is 19.1 Å². The molecule has 5 atom stereocenters. The predicted octanol–water partition coefficient (Wildman–Crippen LogP) is 3.96. The highest BCUT2D eigenvalue weighted by Gasteiger charge is 2.79. The number of unbranched alkanes of at least 4 members (excludes halogenated alkanes) is 1. The zero-order chi connectivity index (χ0) is 30.5. The third-order valence-electron chi connectivity index (χ3n) is 9.22. The minimum absolute atomic E-state index is 0.110. The Kier molecular flexibility index (Phi) is 10.1. The molecule has 2 unspecified atom stereocenters. The average molecular weight is 582 g/mol. The van der Waals surface area contributed by atoms with Gasteiger partial charge in [-0.3, -0.25) is 14.4 Å². The van der Waals surface area contributed by atoms with E-state index in [1.807, 2.05) is 38.1 Å². The Morgan fingerprint density at radius 1 is 1.10 bits per heavy atom. The van der Waals surface area contributed by atoms with Gasteiger partial charge in [0.05, 0.1) is 24.0 Å². The third kappa shape index (κ3) is 5.37. The number of likely N-dealkylation sites (tertiary alicyclic amines) is 1. The fraction of sp³-hybridized carbons (Fsp3) is 0.606. The van der Waals surface area contributed by atoms with Crippen molar-refractivity contribution in [2.75, 3.05) is 44.3 Å². The van der Waals surface area contributed by atoms with Crippen molar-refractivity contribution in [1.29, 1.82) is 0 Å². The first kappa shape index (κ1) is 31.8. The molecule has 0 saturated carbocycles. The molecule has 230 valence electrons. The van der Waals surface area contributed by atoms with E-state index in [1.165, 1.54) is 0 Å². The van der Waals surface area contributed by atoms with Crippen molar-refractivity contribution in [1.82, 2.24) is 9.80 Å². The number of fused-ring (bicyclic) bond motifs is 1. The van der Waals surface area contributed by atoms with E-state index >= 15 is 0 Å². The number of hydrogen-bond donors (Lipinski definition) is 1. The molecule has 9 heteroatoms. The second kappa shape index (κ2) is 13.4. The summed E-state index contributed by atoms with van der Waals surface area (Å²) in [7, 11) is 0. The number of ether oxygens (including phenoxy) is 2. The molecule has 3 heterocycles. The largest absolute Gasteiger partial charge is 0.494 e. The number of nitrogens with zero attached hydrogens (tertiary/aromatic N) is 3. The van der Waals surface area contributed by atoms with E-state index in [0.717, 1.165) is 12.8 Å². The highest BCUT2D eigenvalue weighted by molar-refractivity contribution is 6.03. The Morgan fingerprint density at radius 2 is 1.81 bits per heavy atom. The molecule has 3 amide bonds. The average Bonchev–Trinajstić information content (AvgIpc) is 3.60. The van der Waals surface area contributed by atoms with E-state index in [0.29, 0.717) is 56.8 Å². The molecule has 3 saturated heterocycles. The molecule has 3 aliphatic heterocycles. The van der Waals surface area contributed by atoms with Crippen LogP contribution in [-0.4, -0.2) is 89.3 Å². The molecule has 9 nitrogen and oxygen atoms in total. The van der Waals surface area contributed by atoms with E-state index in [9.17, 15) is 19.5 Å². The standard InChI is InChI=1S/C33H47N3O6/c1-6-11-21-34(19-7-2)31(40)28-33-18-17-32(9-4,42-33)26(27(33)30(39)36(28)22-12-23-37)29(38)35(20-8-3)24-13-15-25(16-14-24)41-10-5/h7-8,13-16,26-28,37H,2-3,6,9-12,17-23H2,1,4-5H3/t26-,27+,28?,32+,33?/m1/s1. The van der Waals surface area contributed by atoms with Gasteiger partial charge in [-0.05, 0) is 63.3 Å². The quantitative estimate of drug-likeness (QED) is 0.297. The summed E-state index contributed by atoms with van der Waals surface area (Å²) in [5.41, 5.74) is -1.28. The Hall–Kier alpha value is -3.17.